The molecule has 2 heterocycles. The molecular weight excluding hydrogens is 192 g/mol. The Hall–Kier alpha value is -1.68. The van der Waals surface area contributed by atoms with Gasteiger partial charge in [-0.1, -0.05) is 0 Å². The maximum absolute atomic E-state index is 11.8. The standard InChI is InChI=1S/C11H12N2O2/c1-2-13-6-5-10-9(11(13)15)4-3-8(7-14)12-10/h3-6,14H,2,7H2,1H3. The predicted octanol–water partition coefficient (Wildman–Crippen LogP) is 0.909. The number of rotatable bonds is 2. The van der Waals surface area contributed by atoms with E-state index in [0.29, 0.717) is 23.1 Å². The van der Waals surface area contributed by atoms with E-state index >= 15 is 0 Å². The van der Waals surface area contributed by atoms with Crippen molar-refractivity contribution in [3.8, 4) is 0 Å². The number of hydrogen-bond donors (Lipinski definition) is 1. The zero-order valence-electron chi connectivity index (χ0n) is 8.47. The maximum Gasteiger partial charge on any atom is 0.259 e. The molecule has 15 heavy (non-hydrogen) atoms. The molecule has 0 unspecified atom stereocenters. The number of aliphatic hydroxyl groups is 1. The summed E-state index contributed by atoms with van der Waals surface area (Å²) < 4.78 is 1.63. The van der Waals surface area contributed by atoms with Crippen molar-refractivity contribution < 1.29 is 5.11 Å². The Morgan fingerprint density at radius 1 is 1.40 bits per heavy atom. The Morgan fingerprint density at radius 2 is 2.20 bits per heavy atom. The fourth-order valence-electron chi connectivity index (χ4n) is 1.55. The van der Waals surface area contributed by atoms with Gasteiger partial charge in [-0.3, -0.25) is 9.78 Å². The van der Waals surface area contributed by atoms with Crippen LogP contribution in [0.15, 0.2) is 29.2 Å². The van der Waals surface area contributed by atoms with E-state index in [4.69, 9.17) is 5.11 Å². The molecule has 0 saturated carbocycles. The van der Waals surface area contributed by atoms with E-state index < -0.39 is 0 Å². The molecule has 4 heteroatoms. The first-order valence-electron chi connectivity index (χ1n) is 4.86. The Labute approximate surface area is 86.8 Å². The molecule has 0 amide bonds. The fourth-order valence-corrected chi connectivity index (χ4v) is 1.55. The smallest absolute Gasteiger partial charge is 0.259 e. The molecule has 0 spiro atoms. The van der Waals surface area contributed by atoms with Crippen molar-refractivity contribution in [2.45, 2.75) is 20.1 Å². The van der Waals surface area contributed by atoms with Crippen LogP contribution >= 0.6 is 0 Å². The molecule has 1 N–H and O–H groups in total. The second kappa shape index (κ2) is 3.82. The van der Waals surface area contributed by atoms with E-state index in [-0.39, 0.29) is 12.2 Å². The number of nitrogens with zero attached hydrogens (tertiary/aromatic N) is 2. The quantitative estimate of drug-likeness (QED) is 0.791. The van der Waals surface area contributed by atoms with Crippen LogP contribution in [0.5, 0.6) is 0 Å². The lowest BCUT2D eigenvalue weighted by molar-refractivity contribution is 0.277. The van der Waals surface area contributed by atoms with Crippen LogP contribution in [0.2, 0.25) is 0 Å². The van der Waals surface area contributed by atoms with Crippen LogP contribution in [-0.4, -0.2) is 14.7 Å². The lowest BCUT2D eigenvalue weighted by Gasteiger charge is -2.04. The van der Waals surface area contributed by atoms with E-state index in [1.165, 1.54) is 0 Å². The van der Waals surface area contributed by atoms with Gasteiger partial charge in [0.05, 0.1) is 23.2 Å². The second-order valence-corrected chi connectivity index (χ2v) is 3.30. The van der Waals surface area contributed by atoms with Gasteiger partial charge in [-0.2, -0.15) is 0 Å². The van der Waals surface area contributed by atoms with Crippen LogP contribution in [0.1, 0.15) is 12.6 Å². The number of pyridine rings is 2. The summed E-state index contributed by atoms with van der Waals surface area (Å²) in [5.41, 5.74) is 1.18. The van der Waals surface area contributed by atoms with Gasteiger partial charge in [-0.05, 0) is 25.1 Å². The van der Waals surface area contributed by atoms with Crippen molar-refractivity contribution in [3.05, 3.63) is 40.4 Å². The van der Waals surface area contributed by atoms with Gasteiger partial charge in [0, 0.05) is 12.7 Å². The van der Waals surface area contributed by atoms with Gasteiger partial charge in [-0.25, -0.2) is 0 Å². The summed E-state index contributed by atoms with van der Waals surface area (Å²) in [7, 11) is 0. The van der Waals surface area contributed by atoms with Gasteiger partial charge in [0.25, 0.3) is 5.56 Å². The molecule has 0 aromatic carbocycles. The summed E-state index contributed by atoms with van der Waals surface area (Å²) in [5, 5.41) is 9.52. The largest absolute Gasteiger partial charge is 0.390 e. The molecule has 0 fully saturated rings. The average molecular weight is 204 g/mol. The fraction of sp³-hybridized carbons (Fsp3) is 0.273. The Balaban J connectivity index is 2.74. The molecule has 78 valence electrons. The number of aryl methyl sites for hydroxylation is 1. The van der Waals surface area contributed by atoms with E-state index in [1.54, 1.807) is 29.0 Å². The van der Waals surface area contributed by atoms with E-state index in [0.717, 1.165) is 0 Å². The van der Waals surface area contributed by atoms with Crippen LogP contribution in [0.25, 0.3) is 10.9 Å². The van der Waals surface area contributed by atoms with Crippen LogP contribution in [0, 0.1) is 0 Å². The summed E-state index contributed by atoms with van der Waals surface area (Å²) >= 11 is 0. The normalized spacial score (nSPS) is 10.8. The first-order valence-corrected chi connectivity index (χ1v) is 4.86. The first-order chi connectivity index (χ1) is 7.26. The predicted molar refractivity (Wildman–Crippen MR) is 57.6 cm³/mol. The molecule has 4 nitrogen and oxygen atoms in total. The van der Waals surface area contributed by atoms with Gasteiger partial charge in [0.15, 0.2) is 0 Å². The maximum atomic E-state index is 11.8. The lowest BCUT2D eigenvalue weighted by atomic mass is 10.2. The number of aromatic nitrogens is 2. The second-order valence-electron chi connectivity index (χ2n) is 3.30. The topological polar surface area (TPSA) is 55.1 Å². The third-order valence-electron chi connectivity index (χ3n) is 2.39. The first kappa shape index (κ1) is 9.86. The molecular formula is C11H12N2O2. The van der Waals surface area contributed by atoms with Crippen molar-refractivity contribution in [3.63, 3.8) is 0 Å². The number of hydrogen-bond acceptors (Lipinski definition) is 3. The highest BCUT2D eigenvalue weighted by molar-refractivity contribution is 5.77. The van der Waals surface area contributed by atoms with Gasteiger partial charge in [0.1, 0.15) is 0 Å². The van der Waals surface area contributed by atoms with Crippen LogP contribution in [0.3, 0.4) is 0 Å². The van der Waals surface area contributed by atoms with Crippen LogP contribution < -0.4 is 5.56 Å². The van der Waals surface area contributed by atoms with Gasteiger partial charge in [0.2, 0.25) is 0 Å². The van der Waals surface area contributed by atoms with Crippen molar-refractivity contribution in [1.82, 2.24) is 9.55 Å². The van der Waals surface area contributed by atoms with Crippen molar-refractivity contribution in [1.29, 1.82) is 0 Å². The minimum atomic E-state index is -0.104. The summed E-state index contributed by atoms with van der Waals surface area (Å²) in [6, 6.07) is 5.17. The average Bonchev–Trinajstić information content (AvgIpc) is 2.29. The van der Waals surface area contributed by atoms with Gasteiger partial charge < -0.3 is 9.67 Å². The van der Waals surface area contributed by atoms with Crippen molar-refractivity contribution in [2.75, 3.05) is 0 Å². The number of aliphatic hydroxyl groups excluding tert-OH is 1. The van der Waals surface area contributed by atoms with Gasteiger partial charge >= 0.3 is 0 Å². The monoisotopic (exact) mass is 204 g/mol. The van der Waals surface area contributed by atoms with Crippen LogP contribution in [-0.2, 0) is 13.2 Å². The van der Waals surface area contributed by atoms with E-state index in [1.807, 2.05) is 6.92 Å². The summed E-state index contributed by atoms with van der Waals surface area (Å²) in [4.78, 5) is 16.0. The summed E-state index contributed by atoms with van der Waals surface area (Å²) in [6.45, 7) is 2.46. The molecule has 0 atom stereocenters. The minimum absolute atomic E-state index is 0.0352. The lowest BCUT2D eigenvalue weighted by Crippen LogP contribution is -2.18. The Kier molecular flexibility index (Phi) is 2.51. The SMILES string of the molecule is CCn1ccc2nc(CO)ccc2c1=O. The highest BCUT2D eigenvalue weighted by atomic mass is 16.3. The third-order valence-corrected chi connectivity index (χ3v) is 2.39. The summed E-state index contributed by atoms with van der Waals surface area (Å²) in [6.07, 6.45) is 1.72. The molecule has 0 bridgehead atoms. The molecule has 0 aliphatic rings. The molecule has 2 rings (SSSR count). The minimum Gasteiger partial charge on any atom is -0.390 e. The van der Waals surface area contributed by atoms with E-state index in [2.05, 4.69) is 4.98 Å². The van der Waals surface area contributed by atoms with Crippen molar-refractivity contribution >= 4 is 10.9 Å². The third kappa shape index (κ3) is 1.64. The molecule has 0 saturated heterocycles. The Bertz CT molecular complexity index is 546. The van der Waals surface area contributed by atoms with E-state index in [9.17, 15) is 4.79 Å². The van der Waals surface area contributed by atoms with Crippen molar-refractivity contribution in [2.24, 2.45) is 0 Å². The highest BCUT2D eigenvalue weighted by Crippen LogP contribution is 2.07. The molecule has 0 radical (unpaired) electrons. The Morgan fingerprint density at radius 3 is 2.87 bits per heavy atom. The zero-order chi connectivity index (χ0) is 10.8. The molecule has 2 aromatic rings. The molecule has 0 aliphatic heterocycles. The molecule has 2 aromatic heterocycles. The molecule has 0 aliphatic carbocycles. The van der Waals surface area contributed by atoms with Gasteiger partial charge in [-0.15, -0.1) is 0 Å². The van der Waals surface area contributed by atoms with Crippen LogP contribution in [0.4, 0.5) is 0 Å². The zero-order valence-corrected chi connectivity index (χ0v) is 8.47. The highest BCUT2D eigenvalue weighted by Gasteiger charge is 2.03. The number of fused-ring (bicyclic) bond motifs is 1. The summed E-state index contributed by atoms with van der Waals surface area (Å²) in [5.74, 6) is 0.